The number of fused-ring (bicyclic) bond motifs is 1. The Morgan fingerprint density at radius 2 is 1.97 bits per heavy atom. The van der Waals surface area contributed by atoms with E-state index in [1.807, 2.05) is 30.3 Å². The number of benzene rings is 2. The summed E-state index contributed by atoms with van der Waals surface area (Å²) in [6.45, 7) is 3.97. The van der Waals surface area contributed by atoms with Gasteiger partial charge in [0.25, 0.3) is 5.56 Å². The Hall–Kier alpha value is -3.26. The third-order valence-corrected chi connectivity index (χ3v) is 5.79. The highest BCUT2D eigenvalue weighted by Gasteiger charge is 2.17. The minimum absolute atomic E-state index is 0.0677. The Labute approximate surface area is 177 Å². The monoisotopic (exact) mass is 423 g/mol. The predicted molar refractivity (Wildman–Crippen MR) is 115 cm³/mol. The molecule has 1 aromatic heterocycles. The van der Waals surface area contributed by atoms with Crippen molar-refractivity contribution in [2.45, 2.75) is 30.7 Å². The van der Waals surface area contributed by atoms with Gasteiger partial charge in [0.1, 0.15) is 0 Å². The minimum Gasteiger partial charge on any atom is -0.454 e. The number of hydrogen-bond donors (Lipinski definition) is 2. The summed E-state index contributed by atoms with van der Waals surface area (Å²) in [6, 6.07) is 15.2. The molecule has 2 N–H and O–H groups in total. The number of H-pyrrole nitrogens is 1. The number of amides is 1. The van der Waals surface area contributed by atoms with Gasteiger partial charge in [-0.25, -0.2) is 4.98 Å². The minimum atomic E-state index is -0.303. The van der Waals surface area contributed by atoms with Crippen LogP contribution in [-0.2, 0) is 11.2 Å². The lowest BCUT2D eigenvalue weighted by Gasteiger charge is -2.12. The van der Waals surface area contributed by atoms with Crippen molar-refractivity contribution in [3.05, 3.63) is 75.7 Å². The largest absolute Gasteiger partial charge is 0.454 e. The molecule has 0 bridgehead atoms. The number of thioether (sulfide) groups is 1. The number of nitrogens with one attached hydrogen (secondary N) is 2. The van der Waals surface area contributed by atoms with Crippen LogP contribution in [0.2, 0.25) is 0 Å². The first-order valence-electron chi connectivity index (χ1n) is 9.50. The van der Waals surface area contributed by atoms with Crippen LogP contribution in [0.5, 0.6) is 11.5 Å². The summed E-state index contributed by atoms with van der Waals surface area (Å²) in [5, 5.41) is 3.45. The van der Waals surface area contributed by atoms with Crippen LogP contribution in [0.4, 0.5) is 5.69 Å². The topological polar surface area (TPSA) is 93.3 Å². The van der Waals surface area contributed by atoms with E-state index >= 15 is 0 Å². The molecule has 0 fully saturated rings. The second-order valence-electron chi connectivity index (χ2n) is 6.90. The Balaban J connectivity index is 1.44. The lowest BCUT2D eigenvalue weighted by Crippen LogP contribution is -2.23. The summed E-state index contributed by atoms with van der Waals surface area (Å²) < 4.78 is 10.6. The molecule has 1 aliphatic rings. The van der Waals surface area contributed by atoms with Crippen molar-refractivity contribution in [3.63, 3.8) is 0 Å². The third kappa shape index (κ3) is 4.49. The molecule has 8 heteroatoms. The molecule has 30 heavy (non-hydrogen) atoms. The molecule has 1 amide bonds. The Morgan fingerprint density at radius 1 is 1.20 bits per heavy atom. The summed E-state index contributed by atoms with van der Waals surface area (Å²) in [5.41, 5.74) is 2.32. The molecule has 1 unspecified atom stereocenters. The number of aromatic amines is 1. The van der Waals surface area contributed by atoms with Crippen molar-refractivity contribution in [1.29, 1.82) is 0 Å². The quantitative estimate of drug-likeness (QED) is 0.462. The number of hydrogen-bond acceptors (Lipinski definition) is 6. The molecule has 0 aliphatic carbocycles. The van der Waals surface area contributed by atoms with E-state index in [1.54, 1.807) is 25.1 Å². The van der Waals surface area contributed by atoms with Crippen molar-refractivity contribution in [2.75, 3.05) is 12.1 Å². The molecule has 1 aliphatic heterocycles. The number of carbonyl (C=O) groups is 1. The van der Waals surface area contributed by atoms with Crippen LogP contribution in [0.15, 0.2) is 58.5 Å². The van der Waals surface area contributed by atoms with Crippen LogP contribution >= 0.6 is 11.8 Å². The zero-order chi connectivity index (χ0) is 21.1. The van der Waals surface area contributed by atoms with Gasteiger partial charge in [0, 0.05) is 28.3 Å². The first-order chi connectivity index (χ1) is 14.5. The summed E-state index contributed by atoms with van der Waals surface area (Å²) in [5.74, 6) is 0.919. The van der Waals surface area contributed by atoms with Crippen LogP contribution < -0.4 is 20.3 Å². The lowest BCUT2D eigenvalue weighted by molar-refractivity contribution is -0.115. The molecule has 0 spiro atoms. The maximum Gasteiger partial charge on any atom is 0.255 e. The Bertz CT molecular complexity index is 1130. The summed E-state index contributed by atoms with van der Waals surface area (Å²) >= 11 is 1.47. The molecule has 4 rings (SSSR count). The Morgan fingerprint density at radius 3 is 2.73 bits per heavy atom. The van der Waals surface area contributed by atoms with Crippen LogP contribution in [0.1, 0.15) is 29.0 Å². The van der Waals surface area contributed by atoms with Gasteiger partial charge in [0.2, 0.25) is 12.7 Å². The maximum absolute atomic E-state index is 12.6. The van der Waals surface area contributed by atoms with E-state index in [1.165, 1.54) is 11.8 Å². The lowest BCUT2D eigenvalue weighted by atomic mass is 10.1. The van der Waals surface area contributed by atoms with E-state index in [2.05, 4.69) is 22.2 Å². The number of aromatic nitrogens is 2. The number of anilines is 1. The van der Waals surface area contributed by atoms with Gasteiger partial charge in [-0.3, -0.25) is 9.59 Å². The van der Waals surface area contributed by atoms with Gasteiger partial charge in [-0.15, -0.1) is 0 Å². The predicted octanol–water partition coefficient (Wildman–Crippen LogP) is 3.84. The highest BCUT2D eigenvalue weighted by molar-refractivity contribution is 7.99. The summed E-state index contributed by atoms with van der Waals surface area (Å²) in [4.78, 5) is 32.4. The average Bonchev–Trinajstić information content (AvgIpc) is 3.19. The molecule has 0 radical (unpaired) electrons. The first-order valence-corrected chi connectivity index (χ1v) is 10.4. The fourth-order valence-corrected chi connectivity index (χ4v) is 4.12. The normalized spacial score (nSPS) is 13.1. The number of aryl methyl sites for hydroxylation is 1. The zero-order valence-corrected chi connectivity index (χ0v) is 17.4. The Kier molecular flexibility index (Phi) is 5.76. The molecule has 7 nitrogen and oxygen atoms in total. The highest BCUT2D eigenvalue weighted by Crippen LogP contribution is 2.34. The SMILES string of the molecule is Cc1nc(SC(C)c2ccccc2)[nH]c(=O)c1CC(=O)Nc1ccc2c(c1)OCO2. The van der Waals surface area contributed by atoms with E-state index in [0.29, 0.717) is 33.6 Å². The number of nitrogens with zero attached hydrogens (tertiary/aromatic N) is 1. The van der Waals surface area contributed by atoms with Crippen LogP contribution in [0.25, 0.3) is 0 Å². The standard InChI is InChI=1S/C22H21N3O4S/c1-13-17(11-20(26)24-16-8-9-18-19(10-16)29-12-28-18)21(27)25-22(23-13)30-14(2)15-6-4-3-5-7-15/h3-10,14H,11-12H2,1-2H3,(H,24,26)(H,23,25,27). The fourth-order valence-electron chi connectivity index (χ4n) is 3.15. The van der Waals surface area contributed by atoms with Crippen molar-refractivity contribution in [2.24, 2.45) is 0 Å². The molecule has 0 saturated carbocycles. The zero-order valence-electron chi connectivity index (χ0n) is 16.6. The smallest absolute Gasteiger partial charge is 0.255 e. The summed E-state index contributed by atoms with van der Waals surface area (Å²) in [7, 11) is 0. The average molecular weight is 423 g/mol. The van der Waals surface area contributed by atoms with Crippen LogP contribution in [0.3, 0.4) is 0 Å². The summed E-state index contributed by atoms with van der Waals surface area (Å²) in [6.07, 6.45) is -0.0677. The van der Waals surface area contributed by atoms with Gasteiger partial charge in [-0.1, -0.05) is 42.1 Å². The van der Waals surface area contributed by atoms with E-state index in [-0.39, 0.29) is 29.9 Å². The van der Waals surface area contributed by atoms with Gasteiger partial charge in [0.05, 0.1) is 6.42 Å². The molecular weight excluding hydrogens is 402 g/mol. The number of rotatable bonds is 6. The van der Waals surface area contributed by atoms with Gasteiger partial charge < -0.3 is 19.8 Å². The van der Waals surface area contributed by atoms with Crippen molar-refractivity contribution in [1.82, 2.24) is 9.97 Å². The maximum atomic E-state index is 12.6. The van der Waals surface area contributed by atoms with E-state index < -0.39 is 0 Å². The van der Waals surface area contributed by atoms with Crippen molar-refractivity contribution in [3.8, 4) is 11.5 Å². The molecule has 3 aromatic rings. The molecule has 2 aromatic carbocycles. The van der Waals surface area contributed by atoms with Crippen LogP contribution in [0, 0.1) is 6.92 Å². The molecule has 2 heterocycles. The van der Waals surface area contributed by atoms with Crippen molar-refractivity contribution >= 4 is 23.4 Å². The first kappa shape index (κ1) is 20.0. The third-order valence-electron chi connectivity index (χ3n) is 4.75. The molecule has 1 atom stereocenters. The van der Waals surface area contributed by atoms with E-state index in [4.69, 9.17) is 9.47 Å². The van der Waals surface area contributed by atoms with Crippen LogP contribution in [-0.4, -0.2) is 22.7 Å². The molecule has 0 saturated heterocycles. The second kappa shape index (κ2) is 8.62. The second-order valence-corrected chi connectivity index (χ2v) is 8.23. The molecular formula is C22H21N3O4S. The number of ether oxygens (including phenoxy) is 2. The van der Waals surface area contributed by atoms with Gasteiger partial charge in [-0.2, -0.15) is 0 Å². The highest BCUT2D eigenvalue weighted by atomic mass is 32.2. The van der Waals surface area contributed by atoms with Gasteiger partial charge in [0.15, 0.2) is 16.7 Å². The van der Waals surface area contributed by atoms with Gasteiger partial charge in [-0.05, 0) is 31.5 Å². The molecule has 154 valence electrons. The fraction of sp³-hybridized carbons (Fsp3) is 0.227. The van der Waals surface area contributed by atoms with E-state index in [0.717, 1.165) is 5.56 Å². The van der Waals surface area contributed by atoms with Crippen molar-refractivity contribution < 1.29 is 14.3 Å². The van der Waals surface area contributed by atoms with Gasteiger partial charge >= 0.3 is 0 Å². The van der Waals surface area contributed by atoms with E-state index in [9.17, 15) is 9.59 Å². The number of carbonyl (C=O) groups excluding carboxylic acids is 1.